The number of rotatable bonds is 2. The Bertz CT molecular complexity index is 723. The number of esters is 1. The van der Waals surface area contributed by atoms with E-state index >= 15 is 0 Å². The largest absolute Gasteiger partial charge is 0.488 e. The Morgan fingerprint density at radius 3 is 2.84 bits per heavy atom. The Balaban J connectivity index is 1.44. The van der Waals surface area contributed by atoms with Crippen LogP contribution in [-0.4, -0.2) is 41.8 Å². The lowest BCUT2D eigenvalue weighted by Crippen LogP contribution is -2.47. The Labute approximate surface area is 147 Å². The highest BCUT2D eigenvalue weighted by atomic mass is 16.6. The molecule has 0 radical (unpaired) electrons. The van der Waals surface area contributed by atoms with Crippen LogP contribution in [0.2, 0.25) is 0 Å². The molecule has 2 heterocycles. The molecule has 0 aromatic heterocycles. The van der Waals surface area contributed by atoms with Gasteiger partial charge in [-0.1, -0.05) is 0 Å². The minimum Gasteiger partial charge on any atom is -0.488 e. The third-order valence-corrected chi connectivity index (χ3v) is 4.90. The van der Waals surface area contributed by atoms with Crippen LogP contribution in [0.3, 0.4) is 0 Å². The summed E-state index contributed by atoms with van der Waals surface area (Å²) in [4.78, 5) is 25.6. The average molecular weight is 345 g/mol. The molecule has 25 heavy (non-hydrogen) atoms. The minimum atomic E-state index is -0.500. The van der Waals surface area contributed by atoms with E-state index in [4.69, 9.17) is 14.2 Å². The number of benzene rings is 1. The van der Waals surface area contributed by atoms with Crippen molar-refractivity contribution in [3.63, 3.8) is 0 Å². The summed E-state index contributed by atoms with van der Waals surface area (Å²) in [5.74, 6) is 1.42. The van der Waals surface area contributed by atoms with E-state index in [0.717, 1.165) is 24.3 Å². The van der Waals surface area contributed by atoms with Crippen LogP contribution in [0.4, 0.5) is 4.79 Å². The molecule has 4 rings (SSSR count). The second-order valence-corrected chi connectivity index (χ2v) is 8.10. The van der Waals surface area contributed by atoms with Crippen molar-refractivity contribution < 1.29 is 23.8 Å². The van der Waals surface area contributed by atoms with Crippen molar-refractivity contribution in [2.45, 2.75) is 45.5 Å². The lowest BCUT2D eigenvalue weighted by molar-refractivity contribution is 0.00567. The Hall–Kier alpha value is -2.24. The number of hydrogen-bond acceptors (Lipinski definition) is 5. The summed E-state index contributed by atoms with van der Waals surface area (Å²) >= 11 is 0. The number of hydrogen-bond donors (Lipinski definition) is 0. The van der Waals surface area contributed by atoms with Gasteiger partial charge in [0.05, 0.1) is 12.1 Å². The summed E-state index contributed by atoms with van der Waals surface area (Å²) in [6.07, 6.45) is 0.762. The molecule has 1 amide bonds. The Morgan fingerprint density at radius 1 is 1.28 bits per heavy atom. The number of carbonyl (C=O) groups excluding carboxylic acids is 2. The Morgan fingerprint density at radius 2 is 2.08 bits per heavy atom. The predicted octanol–water partition coefficient (Wildman–Crippen LogP) is 2.99. The monoisotopic (exact) mass is 345 g/mol. The van der Waals surface area contributed by atoms with E-state index in [1.54, 1.807) is 17.0 Å². The number of amides is 1. The maximum atomic E-state index is 12.4. The number of piperidine rings is 1. The molecular formula is C19H23NO5. The molecule has 0 spiro atoms. The topological polar surface area (TPSA) is 65.1 Å². The summed E-state index contributed by atoms with van der Waals surface area (Å²) < 4.78 is 16.7. The van der Waals surface area contributed by atoms with Gasteiger partial charge < -0.3 is 19.1 Å². The third kappa shape index (κ3) is 3.30. The predicted molar refractivity (Wildman–Crippen MR) is 89.4 cm³/mol. The van der Waals surface area contributed by atoms with Crippen LogP contribution in [0.1, 0.15) is 43.1 Å². The first-order valence-electron chi connectivity index (χ1n) is 8.75. The highest BCUT2D eigenvalue weighted by molar-refractivity contribution is 5.93. The summed E-state index contributed by atoms with van der Waals surface area (Å²) in [5.41, 5.74) is 0.964. The molecule has 1 aromatic rings. The van der Waals surface area contributed by atoms with Gasteiger partial charge in [-0.05, 0) is 51.3 Å². The van der Waals surface area contributed by atoms with Gasteiger partial charge in [0, 0.05) is 18.0 Å². The van der Waals surface area contributed by atoms with Gasteiger partial charge >= 0.3 is 12.1 Å². The van der Waals surface area contributed by atoms with E-state index in [-0.39, 0.29) is 18.2 Å². The molecule has 0 unspecified atom stereocenters. The van der Waals surface area contributed by atoms with Gasteiger partial charge in [-0.25, -0.2) is 9.59 Å². The normalized spacial score (nSPS) is 27.2. The Kier molecular flexibility index (Phi) is 3.67. The smallest absolute Gasteiger partial charge is 0.410 e. The zero-order chi connectivity index (χ0) is 17.8. The first-order chi connectivity index (χ1) is 11.8. The van der Waals surface area contributed by atoms with Crippen LogP contribution in [-0.2, 0) is 16.1 Å². The highest BCUT2D eigenvalue weighted by Crippen LogP contribution is 2.46. The molecule has 1 saturated carbocycles. The van der Waals surface area contributed by atoms with Gasteiger partial charge in [0.1, 0.15) is 24.1 Å². The first-order valence-corrected chi connectivity index (χ1v) is 8.75. The van der Waals surface area contributed by atoms with Crippen molar-refractivity contribution in [3.05, 3.63) is 29.3 Å². The molecule has 2 aliphatic heterocycles. The number of cyclic esters (lactones) is 1. The number of likely N-dealkylation sites (tertiary alicyclic amines) is 1. The molecule has 1 aromatic carbocycles. The molecule has 3 atom stereocenters. The number of nitrogens with zero attached hydrogens (tertiary/aromatic N) is 1. The number of carbonyl (C=O) groups is 2. The van der Waals surface area contributed by atoms with Crippen LogP contribution in [0.25, 0.3) is 0 Å². The van der Waals surface area contributed by atoms with Crippen LogP contribution < -0.4 is 4.74 Å². The van der Waals surface area contributed by atoms with Gasteiger partial charge in [0.2, 0.25) is 0 Å². The molecule has 6 nitrogen and oxygen atoms in total. The lowest BCUT2D eigenvalue weighted by Gasteiger charge is -2.34. The van der Waals surface area contributed by atoms with Crippen molar-refractivity contribution in [3.8, 4) is 5.75 Å². The zero-order valence-electron chi connectivity index (χ0n) is 14.8. The quantitative estimate of drug-likeness (QED) is 0.771. The van der Waals surface area contributed by atoms with Gasteiger partial charge in [-0.2, -0.15) is 0 Å². The lowest BCUT2D eigenvalue weighted by atomic mass is 10.1. The second kappa shape index (κ2) is 5.64. The fraction of sp³-hybridized carbons (Fsp3) is 0.579. The SMILES string of the molecule is CC(C)(C)OC(=O)N1C[C@@H]2C[C@@H]2[C@@H](Oc2ccc3c(c2)COC3=O)C1. The van der Waals surface area contributed by atoms with E-state index in [9.17, 15) is 9.59 Å². The van der Waals surface area contributed by atoms with E-state index < -0.39 is 5.60 Å². The maximum absolute atomic E-state index is 12.4. The van der Waals surface area contributed by atoms with Crippen LogP contribution in [0, 0.1) is 11.8 Å². The van der Waals surface area contributed by atoms with Crippen molar-refractivity contribution in [1.82, 2.24) is 4.90 Å². The van der Waals surface area contributed by atoms with Gasteiger partial charge in [0.15, 0.2) is 0 Å². The number of fused-ring (bicyclic) bond motifs is 2. The summed E-state index contributed by atoms with van der Waals surface area (Å²) in [6, 6.07) is 5.41. The first kappa shape index (κ1) is 16.2. The fourth-order valence-electron chi connectivity index (χ4n) is 3.60. The molecule has 1 saturated heterocycles. The number of ether oxygens (including phenoxy) is 3. The van der Waals surface area contributed by atoms with Crippen LogP contribution in [0.15, 0.2) is 18.2 Å². The van der Waals surface area contributed by atoms with Gasteiger partial charge in [-0.15, -0.1) is 0 Å². The third-order valence-electron chi connectivity index (χ3n) is 4.90. The molecular weight excluding hydrogens is 322 g/mol. The zero-order valence-corrected chi connectivity index (χ0v) is 14.8. The molecule has 0 bridgehead atoms. The summed E-state index contributed by atoms with van der Waals surface area (Å²) in [7, 11) is 0. The maximum Gasteiger partial charge on any atom is 0.410 e. The summed E-state index contributed by atoms with van der Waals surface area (Å²) in [5, 5.41) is 0. The van der Waals surface area contributed by atoms with E-state index in [0.29, 0.717) is 30.6 Å². The molecule has 134 valence electrons. The van der Waals surface area contributed by atoms with Crippen molar-refractivity contribution in [2.24, 2.45) is 11.8 Å². The van der Waals surface area contributed by atoms with Crippen LogP contribution in [0.5, 0.6) is 5.75 Å². The molecule has 3 aliphatic rings. The summed E-state index contributed by atoms with van der Waals surface area (Å²) in [6.45, 7) is 7.19. The standard InChI is InChI=1S/C19H23NO5/c1-19(2,3)25-18(22)20-8-11-7-15(11)16(9-20)24-13-4-5-14-12(6-13)10-23-17(14)21/h4-6,11,15-16H,7-10H2,1-3H3/t11-,15-,16-/m0/s1. The van der Waals surface area contributed by atoms with Crippen molar-refractivity contribution in [2.75, 3.05) is 13.1 Å². The van der Waals surface area contributed by atoms with E-state index in [2.05, 4.69) is 0 Å². The average Bonchev–Trinajstić information content (AvgIpc) is 3.23. The fourth-order valence-corrected chi connectivity index (χ4v) is 3.60. The molecule has 1 aliphatic carbocycles. The second-order valence-electron chi connectivity index (χ2n) is 8.10. The minimum absolute atomic E-state index is 0.0395. The van der Waals surface area contributed by atoms with Crippen molar-refractivity contribution >= 4 is 12.1 Å². The molecule has 0 N–H and O–H groups in total. The van der Waals surface area contributed by atoms with E-state index in [1.807, 2.05) is 26.8 Å². The van der Waals surface area contributed by atoms with Crippen LogP contribution >= 0.6 is 0 Å². The van der Waals surface area contributed by atoms with E-state index in [1.165, 1.54) is 0 Å². The highest BCUT2D eigenvalue weighted by Gasteiger charge is 2.51. The molecule has 2 fully saturated rings. The molecule has 6 heteroatoms. The van der Waals surface area contributed by atoms with Crippen molar-refractivity contribution in [1.29, 1.82) is 0 Å². The van der Waals surface area contributed by atoms with Gasteiger partial charge in [-0.3, -0.25) is 0 Å². The van der Waals surface area contributed by atoms with Gasteiger partial charge in [0.25, 0.3) is 0 Å².